The summed E-state index contributed by atoms with van der Waals surface area (Å²) in [4.78, 5) is 19.5. The number of anilines is 1. The van der Waals surface area contributed by atoms with Gasteiger partial charge in [0.1, 0.15) is 5.82 Å². The Morgan fingerprint density at radius 1 is 1.20 bits per heavy atom. The maximum absolute atomic E-state index is 14.3. The number of esters is 1. The third-order valence-electron chi connectivity index (χ3n) is 3.21. The molecular formula is C14H10F3N3O5. The molecule has 0 spiro atoms. The predicted molar refractivity (Wildman–Crippen MR) is 75.9 cm³/mol. The summed E-state index contributed by atoms with van der Waals surface area (Å²) in [6.45, 7) is 0. The molecule has 2 aromatic rings. The number of nitrogens with zero attached hydrogens (tertiary/aromatic N) is 2. The lowest BCUT2D eigenvalue weighted by Gasteiger charge is -2.11. The first kappa shape index (κ1) is 16.6. The van der Waals surface area contributed by atoms with Gasteiger partial charge in [-0.15, -0.1) is 8.78 Å². The summed E-state index contributed by atoms with van der Waals surface area (Å²) in [6, 6.07) is 1.60. The summed E-state index contributed by atoms with van der Waals surface area (Å²) in [5, 5.41) is 0. The van der Waals surface area contributed by atoms with Crippen LogP contribution in [-0.2, 0) is 4.74 Å². The smallest absolute Gasteiger partial charge is 0.491 e. The number of nitrogen functional groups attached to an aromatic ring is 1. The summed E-state index contributed by atoms with van der Waals surface area (Å²) >= 11 is 0. The zero-order chi connectivity index (χ0) is 18.4. The minimum atomic E-state index is -3.91. The number of alkyl halides is 2. The van der Waals surface area contributed by atoms with E-state index in [2.05, 4.69) is 24.2 Å². The van der Waals surface area contributed by atoms with Crippen LogP contribution in [0.25, 0.3) is 11.4 Å². The summed E-state index contributed by atoms with van der Waals surface area (Å²) in [5.41, 5.74) is 5.00. The second-order valence-corrected chi connectivity index (χ2v) is 4.75. The van der Waals surface area contributed by atoms with E-state index >= 15 is 0 Å². The molecule has 1 aliphatic rings. The SMILES string of the molecule is COC(=O)c1nc(-c2cc3c(cc2F)OC(F)(F)O3)nc(N)c1OC. The largest absolute Gasteiger partial charge is 0.586 e. The highest BCUT2D eigenvalue weighted by Gasteiger charge is 2.44. The van der Waals surface area contributed by atoms with Crippen molar-refractivity contribution in [2.75, 3.05) is 20.0 Å². The Bertz CT molecular complexity index is 875. The number of halogens is 3. The Morgan fingerprint density at radius 3 is 2.44 bits per heavy atom. The summed E-state index contributed by atoms with van der Waals surface area (Å²) in [6.07, 6.45) is -3.91. The van der Waals surface area contributed by atoms with Gasteiger partial charge in [0.2, 0.25) is 0 Å². The van der Waals surface area contributed by atoms with E-state index in [0.29, 0.717) is 6.07 Å². The monoisotopic (exact) mass is 357 g/mol. The van der Waals surface area contributed by atoms with Gasteiger partial charge in [0.05, 0.1) is 19.8 Å². The molecule has 0 aliphatic carbocycles. The van der Waals surface area contributed by atoms with Crippen molar-refractivity contribution in [3.05, 3.63) is 23.6 Å². The first-order valence-corrected chi connectivity index (χ1v) is 6.65. The molecule has 1 aliphatic heterocycles. The normalized spacial score (nSPS) is 14.3. The van der Waals surface area contributed by atoms with Crippen molar-refractivity contribution >= 4 is 11.8 Å². The number of rotatable bonds is 3. The number of aromatic nitrogens is 2. The van der Waals surface area contributed by atoms with Crippen LogP contribution < -0.4 is 19.9 Å². The Balaban J connectivity index is 2.15. The zero-order valence-corrected chi connectivity index (χ0v) is 12.8. The van der Waals surface area contributed by atoms with Gasteiger partial charge >= 0.3 is 12.3 Å². The predicted octanol–water partition coefficient (Wildman–Crippen LogP) is 1.98. The van der Waals surface area contributed by atoms with E-state index in [1.165, 1.54) is 7.11 Å². The zero-order valence-electron chi connectivity index (χ0n) is 12.8. The van der Waals surface area contributed by atoms with Crippen molar-refractivity contribution < 1.29 is 36.9 Å². The molecule has 11 heteroatoms. The number of methoxy groups -OCH3 is 2. The molecule has 8 nitrogen and oxygen atoms in total. The number of hydrogen-bond donors (Lipinski definition) is 1. The first-order chi connectivity index (χ1) is 11.8. The molecule has 0 saturated heterocycles. The van der Waals surface area contributed by atoms with Gasteiger partial charge in [-0.1, -0.05) is 0 Å². The number of fused-ring (bicyclic) bond motifs is 1. The molecule has 1 aromatic carbocycles. The van der Waals surface area contributed by atoms with Gasteiger partial charge < -0.3 is 24.7 Å². The van der Waals surface area contributed by atoms with Crippen molar-refractivity contribution in [3.8, 4) is 28.6 Å². The van der Waals surface area contributed by atoms with E-state index in [9.17, 15) is 18.0 Å². The highest BCUT2D eigenvalue weighted by atomic mass is 19.3. The van der Waals surface area contributed by atoms with Crippen molar-refractivity contribution in [2.45, 2.75) is 6.29 Å². The molecule has 0 atom stereocenters. The van der Waals surface area contributed by atoms with Crippen LogP contribution in [0.5, 0.6) is 17.2 Å². The second-order valence-electron chi connectivity index (χ2n) is 4.75. The number of carbonyl (C=O) groups is 1. The van der Waals surface area contributed by atoms with Gasteiger partial charge in [0.15, 0.2) is 34.6 Å². The highest BCUT2D eigenvalue weighted by Crippen LogP contribution is 2.44. The summed E-state index contributed by atoms with van der Waals surface area (Å²) < 4.78 is 58.3. The van der Waals surface area contributed by atoms with Crippen molar-refractivity contribution in [3.63, 3.8) is 0 Å². The fourth-order valence-corrected chi connectivity index (χ4v) is 2.17. The topological polar surface area (TPSA) is 106 Å². The van der Waals surface area contributed by atoms with Gasteiger partial charge in [-0.25, -0.2) is 19.2 Å². The maximum atomic E-state index is 14.3. The molecule has 3 rings (SSSR count). The summed E-state index contributed by atoms with van der Waals surface area (Å²) in [5.74, 6) is -3.57. The molecule has 2 N–H and O–H groups in total. The fraction of sp³-hybridized carbons (Fsp3) is 0.214. The molecule has 0 fully saturated rings. The molecule has 0 bridgehead atoms. The Kier molecular flexibility index (Phi) is 3.78. The fourth-order valence-electron chi connectivity index (χ4n) is 2.17. The number of carbonyl (C=O) groups excluding carboxylic acids is 1. The molecule has 132 valence electrons. The van der Waals surface area contributed by atoms with Crippen LogP contribution in [0.2, 0.25) is 0 Å². The lowest BCUT2D eigenvalue weighted by molar-refractivity contribution is -0.286. The standard InChI is InChI=1S/C14H10F3N3O5/c1-22-10-9(13(21)23-2)19-12(20-11(10)18)5-3-7-8(4-6(5)15)25-14(16,17)24-7/h3-4H,1-2H3,(H2,18,19,20). The third kappa shape index (κ3) is 2.84. The second kappa shape index (κ2) is 5.69. The average molecular weight is 357 g/mol. The van der Waals surface area contributed by atoms with Crippen LogP contribution in [0.15, 0.2) is 12.1 Å². The Labute approximate surface area is 138 Å². The van der Waals surface area contributed by atoms with Gasteiger partial charge in [-0.05, 0) is 6.07 Å². The van der Waals surface area contributed by atoms with E-state index < -0.39 is 29.6 Å². The van der Waals surface area contributed by atoms with Crippen LogP contribution in [0.3, 0.4) is 0 Å². The number of benzene rings is 1. The van der Waals surface area contributed by atoms with E-state index in [1.807, 2.05) is 0 Å². The molecule has 2 heterocycles. The van der Waals surface area contributed by atoms with E-state index in [1.54, 1.807) is 0 Å². The molecule has 1 aromatic heterocycles. The van der Waals surface area contributed by atoms with Crippen LogP contribution in [-0.4, -0.2) is 36.5 Å². The lowest BCUT2D eigenvalue weighted by Crippen LogP contribution is -2.25. The Hall–Kier alpha value is -3.24. The quantitative estimate of drug-likeness (QED) is 0.832. The molecule has 25 heavy (non-hydrogen) atoms. The van der Waals surface area contributed by atoms with Crippen LogP contribution in [0, 0.1) is 5.82 Å². The average Bonchev–Trinajstić information content (AvgIpc) is 2.85. The summed E-state index contributed by atoms with van der Waals surface area (Å²) in [7, 11) is 2.33. The minimum Gasteiger partial charge on any atom is -0.491 e. The van der Waals surface area contributed by atoms with Crippen LogP contribution in [0.1, 0.15) is 10.5 Å². The molecule has 0 radical (unpaired) electrons. The van der Waals surface area contributed by atoms with E-state index in [-0.39, 0.29) is 28.6 Å². The molecule has 0 amide bonds. The first-order valence-electron chi connectivity index (χ1n) is 6.65. The third-order valence-corrected chi connectivity index (χ3v) is 3.21. The van der Waals surface area contributed by atoms with Gasteiger partial charge in [-0.2, -0.15) is 0 Å². The number of nitrogens with two attached hydrogens (primary N) is 1. The molecule has 0 saturated carbocycles. The maximum Gasteiger partial charge on any atom is 0.586 e. The van der Waals surface area contributed by atoms with Gasteiger partial charge in [0, 0.05) is 6.07 Å². The highest BCUT2D eigenvalue weighted by molar-refractivity contribution is 5.92. The minimum absolute atomic E-state index is 0.164. The molecular weight excluding hydrogens is 347 g/mol. The van der Waals surface area contributed by atoms with Crippen molar-refractivity contribution in [2.24, 2.45) is 0 Å². The molecule has 0 unspecified atom stereocenters. The van der Waals surface area contributed by atoms with Gasteiger partial charge in [0.25, 0.3) is 0 Å². The number of hydrogen-bond acceptors (Lipinski definition) is 8. The van der Waals surface area contributed by atoms with E-state index in [0.717, 1.165) is 13.2 Å². The van der Waals surface area contributed by atoms with Crippen molar-refractivity contribution in [1.29, 1.82) is 0 Å². The Morgan fingerprint density at radius 2 is 1.84 bits per heavy atom. The van der Waals surface area contributed by atoms with Crippen LogP contribution in [0.4, 0.5) is 19.0 Å². The van der Waals surface area contributed by atoms with E-state index in [4.69, 9.17) is 10.5 Å². The van der Waals surface area contributed by atoms with Crippen LogP contribution >= 0.6 is 0 Å². The number of ether oxygens (including phenoxy) is 4. The van der Waals surface area contributed by atoms with Crippen molar-refractivity contribution in [1.82, 2.24) is 9.97 Å². The lowest BCUT2D eigenvalue weighted by atomic mass is 10.1. The van der Waals surface area contributed by atoms with Gasteiger partial charge in [-0.3, -0.25) is 0 Å².